The SMILES string of the molecule is CC(C)Cn1c(=O)c2cc(C(=O)Nc3ccc(F)cc3)nn2c2ccccc21. The number of carbonyl (C=O) groups is 1. The summed E-state index contributed by atoms with van der Waals surface area (Å²) in [6.07, 6.45) is 0. The standard InChI is InChI=1S/C21H19FN4O2/c1-13(2)12-25-17-5-3-4-6-18(17)26-19(21(25)28)11-16(24-26)20(27)23-15-9-7-14(22)8-10-15/h3-11,13H,12H2,1-2H3,(H,23,27). The molecule has 0 radical (unpaired) electrons. The Kier molecular flexibility index (Phi) is 4.43. The minimum atomic E-state index is -0.464. The van der Waals surface area contributed by atoms with E-state index in [2.05, 4.69) is 10.4 Å². The summed E-state index contributed by atoms with van der Waals surface area (Å²) in [6.45, 7) is 4.66. The van der Waals surface area contributed by atoms with Gasteiger partial charge in [0.1, 0.15) is 11.3 Å². The number of aromatic nitrogens is 3. The predicted molar refractivity (Wildman–Crippen MR) is 106 cm³/mol. The minimum absolute atomic E-state index is 0.119. The van der Waals surface area contributed by atoms with Crippen molar-refractivity contribution < 1.29 is 9.18 Å². The van der Waals surface area contributed by atoms with Crippen molar-refractivity contribution in [1.82, 2.24) is 14.2 Å². The molecule has 28 heavy (non-hydrogen) atoms. The molecule has 6 nitrogen and oxygen atoms in total. The summed E-state index contributed by atoms with van der Waals surface area (Å²) in [6, 6.07) is 14.4. The molecule has 2 heterocycles. The molecule has 1 amide bonds. The van der Waals surface area contributed by atoms with E-state index in [1.54, 1.807) is 4.57 Å². The number of nitrogens with zero attached hydrogens (tertiary/aromatic N) is 3. The van der Waals surface area contributed by atoms with Gasteiger partial charge in [0.05, 0.1) is 11.0 Å². The number of nitrogens with one attached hydrogen (secondary N) is 1. The lowest BCUT2D eigenvalue weighted by Gasteiger charge is -2.13. The zero-order chi connectivity index (χ0) is 19.8. The number of amides is 1. The molecule has 0 aliphatic heterocycles. The molecule has 0 bridgehead atoms. The first-order chi connectivity index (χ1) is 13.4. The first-order valence-corrected chi connectivity index (χ1v) is 9.02. The maximum absolute atomic E-state index is 13.0. The van der Waals surface area contributed by atoms with E-state index in [4.69, 9.17) is 0 Å². The molecule has 0 aliphatic rings. The average molecular weight is 378 g/mol. The first kappa shape index (κ1) is 17.9. The Bertz CT molecular complexity index is 1240. The van der Waals surface area contributed by atoms with Crippen molar-refractivity contribution in [3.8, 4) is 0 Å². The number of para-hydroxylation sites is 2. The van der Waals surface area contributed by atoms with Gasteiger partial charge in [0.2, 0.25) is 0 Å². The molecule has 4 aromatic rings. The zero-order valence-corrected chi connectivity index (χ0v) is 15.5. The molecule has 4 rings (SSSR count). The van der Waals surface area contributed by atoms with Crippen molar-refractivity contribution in [2.24, 2.45) is 5.92 Å². The number of benzene rings is 2. The van der Waals surface area contributed by atoms with Crippen LogP contribution in [0.5, 0.6) is 0 Å². The van der Waals surface area contributed by atoms with Gasteiger partial charge >= 0.3 is 0 Å². The van der Waals surface area contributed by atoms with Crippen LogP contribution >= 0.6 is 0 Å². The third kappa shape index (κ3) is 3.15. The highest BCUT2D eigenvalue weighted by molar-refractivity contribution is 6.03. The van der Waals surface area contributed by atoms with Crippen molar-refractivity contribution in [3.05, 3.63) is 76.5 Å². The summed E-state index contributed by atoms with van der Waals surface area (Å²) in [4.78, 5) is 25.6. The number of fused-ring (bicyclic) bond motifs is 3. The summed E-state index contributed by atoms with van der Waals surface area (Å²) in [5.41, 5.74) is 2.23. The van der Waals surface area contributed by atoms with Gasteiger partial charge in [-0.25, -0.2) is 8.91 Å². The summed E-state index contributed by atoms with van der Waals surface area (Å²) in [5.74, 6) is -0.565. The Hall–Kier alpha value is -3.48. The molecule has 0 atom stereocenters. The number of halogens is 1. The Morgan fingerprint density at radius 2 is 1.75 bits per heavy atom. The van der Waals surface area contributed by atoms with E-state index in [0.717, 1.165) is 11.0 Å². The Labute approximate surface area is 160 Å². The van der Waals surface area contributed by atoms with Crippen LogP contribution in [-0.2, 0) is 6.54 Å². The van der Waals surface area contributed by atoms with Crippen LogP contribution in [0.4, 0.5) is 10.1 Å². The molecule has 0 fully saturated rings. The van der Waals surface area contributed by atoms with Crippen molar-refractivity contribution >= 4 is 28.1 Å². The van der Waals surface area contributed by atoms with E-state index in [1.807, 2.05) is 38.1 Å². The molecule has 1 N–H and O–H groups in total. The van der Waals surface area contributed by atoms with E-state index in [9.17, 15) is 14.0 Å². The number of anilines is 1. The molecule has 0 saturated heterocycles. The van der Waals surface area contributed by atoms with Gasteiger partial charge in [-0.2, -0.15) is 5.10 Å². The molecule has 2 aromatic heterocycles. The summed E-state index contributed by atoms with van der Waals surface area (Å²) in [7, 11) is 0. The maximum atomic E-state index is 13.0. The van der Waals surface area contributed by atoms with Crippen molar-refractivity contribution in [2.75, 3.05) is 5.32 Å². The van der Waals surface area contributed by atoms with Gasteiger partial charge < -0.3 is 9.88 Å². The predicted octanol–water partition coefficient (Wildman–Crippen LogP) is 3.70. The van der Waals surface area contributed by atoms with Gasteiger partial charge in [-0.15, -0.1) is 0 Å². The maximum Gasteiger partial charge on any atom is 0.277 e. The van der Waals surface area contributed by atoms with Crippen LogP contribution in [0.15, 0.2) is 59.4 Å². The third-order valence-corrected chi connectivity index (χ3v) is 4.46. The van der Waals surface area contributed by atoms with Crippen LogP contribution in [0.2, 0.25) is 0 Å². The zero-order valence-electron chi connectivity index (χ0n) is 15.5. The van der Waals surface area contributed by atoms with Crippen LogP contribution < -0.4 is 10.9 Å². The fourth-order valence-corrected chi connectivity index (χ4v) is 3.22. The van der Waals surface area contributed by atoms with Gasteiger partial charge in [-0.3, -0.25) is 9.59 Å². The Morgan fingerprint density at radius 3 is 2.43 bits per heavy atom. The van der Waals surface area contributed by atoms with Gasteiger partial charge in [0.25, 0.3) is 11.5 Å². The molecule has 0 unspecified atom stereocenters. The van der Waals surface area contributed by atoms with E-state index in [1.165, 1.54) is 34.8 Å². The first-order valence-electron chi connectivity index (χ1n) is 9.02. The van der Waals surface area contributed by atoms with E-state index >= 15 is 0 Å². The quantitative estimate of drug-likeness (QED) is 0.589. The van der Waals surface area contributed by atoms with Crippen molar-refractivity contribution in [2.45, 2.75) is 20.4 Å². The second kappa shape index (κ2) is 6.92. The molecule has 7 heteroatoms. The van der Waals surface area contributed by atoms with Crippen molar-refractivity contribution in [3.63, 3.8) is 0 Å². The fraction of sp³-hybridized carbons (Fsp3) is 0.190. The molecule has 0 aliphatic carbocycles. The number of rotatable bonds is 4. The molecule has 142 valence electrons. The van der Waals surface area contributed by atoms with Crippen LogP contribution in [-0.4, -0.2) is 20.1 Å². The normalized spacial score (nSPS) is 11.4. The summed E-state index contributed by atoms with van der Waals surface area (Å²) >= 11 is 0. The molecule has 0 spiro atoms. The van der Waals surface area contributed by atoms with E-state index in [0.29, 0.717) is 17.7 Å². The Balaban J connectivity index is 1.83. The highest BCUT2D eigenvalue weighted by Gasteiger charge is 2.17. The van der Waals surface area contributed by atoms with Crippen LogP contribution in [0.25, 0.3) is 16.6 Å². The highest BCUT2D eigenvalue weighted by Crippen LogP contribution is 2.17. The number of carbonyl (C=O) groups excluding carboxylic acids is 1. The third-order valence-electron chi connectivity index (χ3n) is 4.46. The van der Waals surface area contributed by atoms with E-state index in [-0.39, 0.29) is 23.0 Å². The largest absolute Gasteiger partial charge is 0.321 e. The van der Waals surface area contributed by atoms with Gasteiger partial charge in [-0.05, 0) is 42.3 Å². The van der Waals surface area contributed by atoms with Crippen LogP contribution in [0.1, 0.15) is 24.3 Å². The van der Waals surface area contributed by atoms with Gasteiger partial charge in [0, 0.05) is 18.3 Å². The second-order valence-corrected chi connectivity index (χ2v) is 7.09. The van der Waals surface area contributed by atoms with Gasteiger partial charge in [-0.1, -0.05) is 26.0 Å². The number of hydrogen-bond donors (Lipinski definition) is 1. The Morgan fingerprint density at radius 1 is 1.07 bits per heavy atom. The average Bonchev–Trinajstić information content (AvgIpc) is 3.13. The van der Waals surface area contributed by atoms with Crippen LogP contribution in [0, 0.1) is 11.7 Å². The fourth-order valence-electron chi connectivity index (χ4n) is 3.22. The lowest BCUT2D eigenvalue weighted by atomic mass is 10.2. The minimum Gasteiger partial charge on any atom is -0.321 e. The smallest absolute Gasteiger partial charge is 0.277 e. The lowest BCUT2D eigenvalue weighted by molar-refractivity contribution is 0.102. The van der Waals surface area contributed by atoms with Crippen LogP contribution in [0.3, 0.4) is 0 Å². The second-order valence-electron chi connectivity index (χ2n) is 7.09. The van der Waals surface area contributed by atoms with Crippen molar-refractivity contribution in [1.29, 1.82) is 0 Å². The van der Waals surface area contributed by atoms with Gasteiger partial charge in [0.15, 0.2) is 5.69 Å². The lowest BCUT2D eigenvalue weighted by Crippen LogP contribution is -2.25. The highest BCUT2D eigenvalue weighted by atomic mass is 19.1. The monoisotopic (exact) mass is 378 g/mol. The summed E-state index contributed by atoms with van der Waals surface area (Å²) < 4.78 is 16.3. The summed E-state index contributed by atoms with van der Waals surface area (Å²) in [5, 5.41) is 7.02. The molecule has 2 aromatic carbocycles. The topological polar surface area (TPSA) is 68.4 Å². The molecular formula is C21H19FN4O2. The number of hydrogen-bond acceptors (Lipinski definition) is 3. The van der Waals surface area contributed by atoms with E-state index < -0.39 is 5.91 Å². The molecule has 0 saturated carbocycles. The molecular weight excluding hydrogens is 359 g/mol.